The number of ether oxygens (including phenoxy) is 1. The summed E-state index contributed by atoms with van der Waals surface area (Å²) in [5, 5.41) is 4.77. The summed E-state index contributed by atoms with van der Waals surface area (Å²) in [6.45, 7) is 7.24. The average molecular weight is 375 g/mol. The Morgan fingerprint density at radius 2 is 2.04 bits per heavy atom. The number of thiazole rings is 1. The summed E-state index contributed by atoms with van der Waals surface area (Å²) in [7, 11) is 0. The lowest BCUT2D eigenvalue weighted by Gasteiger charge is -2.26. The molecule has 1 aliphatic heterocycles. The van der Waals surface area contributed by atoms with Gasteiger partial charge in [-0.3, -0.25) is 14.5 Å². The van der Waals surface area contributed by atoms with Crippen LogP contribution < -0.4 is 10.2 Å². The molecular formula is C19H25N3O3S. The number of benzene rings is 1. The van der Waals surface area contributed by atoms with Crippen molar-refractivity contribution in [1.29, 1.82) is 0 Å². The van der Waals surface area contributed by atoms with Crippen molar-refractivity contribution in [3.05, 3.63) is 56.1 Å². The van der Waals surface area contributed by atoms with E-state index in [0.29, 0.717) is 19.5 Å². The summed E-state index contributed by atoms with van der Waals surface area (Å²) < 4.78 is 7.03. The van der Waals surface area contributed by atoms with Crippen molar-refractivity contribution in [1.82, 2.24) is 14.8 Å². The smallest absolute Gasteiger partial charge is 0.307 e. The van der Waals surface area contributed by atoms with Crippen LogP contribution in [0, 0.1) is 6.92 Å². The molecule has 1 aromatic heterocycles. The zero-order valence-electron chi connectivity index (χ0n) is 15.1. The lowest BCUT2D eigenvalue weighted by molar-refractivity contribution is -0.121. The number of carbonyl (C=O) groups is 1. The van der Waals surface area contributed by atoms with E-state index in [9.17, 15) is 9.59 Å². The number of aryl methyl sites for hydroxylation is 1. The summed E-state index contributed by atoms with van der Waals surface area (Å²) >= 11 is 1.17. The van der Waals surface area contributed by atoms with Gasteiger partial charge in [-0.2, -0.15) is 0 Å². The fourth-order valence-electron chi connectivity index (χ4n) is 3.03. The largest absolute Gasteiger partial charge is 0.379 e. The van der Waals surface area contributed by atoms with E-state index in [1.807, 2.05) is 24.4 Å². The molecule has 1 aliphatic rings. The van der Waals surface area contributed by atoms with E-state index in [1.54, 1.807) is 4.57 Å². The Hall–Kier alpha value is -1.96. The van der Waals surface area contributed by atoms with E-state index in [-0.39, 0.29) is 10.8 Å². The van der Waals surface area contributed by atoms with E-state index >= 15 is 0 Å². The summed E-state index contributed by atoms with van der Waals surface area (Å²) in [5.74, 6) is -0.0407. The van der Waals surface area contributed by atoms with E-state index in [2.05, 4.69) is 22.3 Å². The van der Waals surface area contributed by atoms with Crippen molar-refractivity contribution in [2.45, 2.75) is 33.0 Å². The molecule has 1 N–H and O–H groups in total. The molecule has 0 atom stereocenters. The molecule has 140 valence electrons. The van der Waals surface area contributed by atoms with Crippen LogP contribution in [-0.2, 0) is 29.2 Å². The SMILES string of the molecule is Cc1csc(=O)n1CCC(=O)NCc1cccc(CN2CCOCC2)c1. The van der Waals surface area contributed by atoms with Gasteiger partial charge in [0.15, 0.2) is 0 Å². The fourth-order valence-corrected chi connectivity index (χ4v) is 3.79. The van der Waals surface area contributed by atoms with E-state index < -0.39 is 0 Å². The van der Waals surface area contributed by atoms with Gasteiger partial charge in [-0.15, -0.1) is 0 Å². The number of morpholine rings is 1. The van der Waals surface area contributed by atoms with Crippen LogP contribution in [-0.4, -0.2) is 41.7 Å². The average Bonchev–Trinajstić information content (AvgIpc) is 2.97. The molecule has 1 saturated heterocycles. The molecular weight excluding hydrogens is 350 g/mol. The van der Waals surface area contributed by atoms with Gasteiger partial charge in [0, 0.05) is 50.2 Å². The summed E-state index contributed by atoms with van der Waals surface area (Å²) in [6, 6.07) is 8.32. The van der Waals surface area contributed by atoms with Gasteiger partial charge in [0.25, 0.3) is 0 Å². The first kappa shape index (κ1) is 18.8. The second kappa shape index (κ2) is 9.12. The zero-order chi connectivity index (χ0) is 18.4. The van der Waals surface area contributed by atoms with Crippen LogP contribution in [0.3, 0.4) is 0 Å². The topological polar surface area (TPSA) is 63.6 Å². The quantitative estimate of drug-likeness (QED) is 0.801. The van der Waals surface area contributed by atoms with Gasteiger partial charge in [0.05, 0.1) is 13.2 Å². The highest BCUT2D eigenvalue weighted by molar-refractivity contribution is 7.07. The fraction of sp³-hybridized carbons (Fsp3) is 0.474. The molecule has 26 heavy (non-hydrogen) atoms. The number of nitrogens with zero attached hydrogens (tertiary/aromatic N) is 2. The number of carbonyl (C=O) groups excluding carboxylic acids is 1. The molecule has 3 rings (SSSR count). The van der Waals surface area contributed by atoms with E-state index in [1.165, 1.54) is 16.9 Å². The van der Waals surface area contributed by atoms with Gasteiger partial charge >= 0.3 is 4.87 Å². The summed E-state index contributed by atoms with van der Waals surface area (Å²) in [4.78, 5) is 26.1. The normalized spacial score (nSPS) is 15.1. The third-order valence-electron chi connectivity index (χ3n) is 4.53. The Bertz CT molecular complexity index is 793. The second-order valence-corrected chi connectivity index (χ2v) is 7.35. The predicted molar refractivity (Wildman–Crippen MR) is 102 cm³/mol. The molecule has 0 saturated carbocycles. The molecule has 7 heteroatoms. The summed E-state index contributed by atoms with van der Waals surface area (Å²) in [5.41, 5.74) is 3.25. The first-order chi connectivity index (χ1) is 12.6. The molecule has 0 aliphatic carbocycles. The highest BCUT2D eigenvalue weighted by Crippen LogP contribution is 2.10. The second-order valence-electron chi connectivity index (χ2n) is 6.53. The van der Waals surface area contributed by atoms with Crippen LogP contribution in [0.2, 0.25) is 0 Å². The van der Waals surface area contributed by atoms with Crippen molar-refractivity contribution < 1.29 is 9.53 Å². The van der Waals surface area contributed by atoms with Gasteiger partial charge < -0.3 is 14.6 Å². The third kappa shape index (κ3) is 5.27. The first-order valence-corrected chi connectivity index (χ1v) is 9.79. The highest BCUT2D eigenvalue weighted by atomic mass is 32.1. The zero-order valence-corrected chi connectivity index (χ0v) is 15.9. The van der Waals surface area contributed by atoms with Crippen LogP contribution in [0.15, 0.2) is 34.4 Å². The number of amides is 1. The highest BCUT2D eigenvalue weighted by Gasteiger charge is 2.11. The lowest BCUT2D eigenvalue weighted by atomic mass is 10.1. The Labute approximate surface area is 157 Å². The van der Waals surface area contributed by atoms with Gasteiger partial charge in [-0.25, -0.2) is 0 Å². The van der Waals surface area contributed by atoms with Gasteiger partial charge in [-0.1, -0.05) is 35.6 Å². The first-order valence-electron chi connectivity index (χ1n) is 8.91. The molecule has 1 aromatic carbocycles. The maximum atomic E-state index is 12.1. The minimum absolute atomic E-state index is 0.00823. The number of nitrogens with one attached hydrogen (secondary N) is 1. The van der Waals surface area contributed by atoms with E-state index in [0.717, 1.165) is 44.1 Å². The number of hydrogen-bond donors (Lipinski definition) is 1. The molecule has 0 spiro atoms. The Morgan fingerprint density at radius 3 is 2.77 bits per heavy atom. The Kier molecular flexibility index (Phi) is 6.60. The molecule has 1 amide bonds. The van der Waals surface area contributed by atoms with E-state index in [4.69, 9.17) is 4.74 Å². The maximum absolute atomic E-state index is 12.1. The number of rotatable bonds is 7. The van der Waals surface area contributed by atoms with Crippen molar-refractivity contribution in [2.24, 2.45) is 0 Å². The molecule has 0 radical (unpaired) electrons. The van der Waals surface area contributed by atoms with Gasteiger partial charge in [0.2, 0.25) is 5.91 Å². The number of aromatic nitrogens is 1. The van der Waals surface area contributed by atoms with Crippen LogP contribution in [0.1, 0.15) is 23.2 Å². The van der Waals surface area contributed by atoms with Gasteiger partial charge in [-0.05, 0) is 18.1 Å². The lowest BCUT2D eigenvalue weighted by Crippen LogP contribution is -2.35. The molecule has 0 unspecified atom stereocenters. The molecule has 2 aromatic rings. The predicted octanol–water partition coefficient (Wildman–Crippen LogP) is 1.76. The minimum Gasteiger partial charge on any atom is -0.379 e. The van der Waals surface area contributed by atoms with Crippen molar-refractivity contribution in [3.8, 4) is 0 Å². The molecule has 6 nitrogen and oxygen atoms in total. The van der Waals surface area contributed by atoms with Gasteiger partial charge in [0.1, 0.15) is 0 Å². The Balaban J connectivity index is 1.47. The third-order valence-corrected chi connectivity index (χ3v) is 5.41. The standard InChI is InChI=1S/C19H25N3O3S/c1-15-14-26-19(24)22(15)6-5-18(23)20-12-16-3-2-4-17(11-16)13-21-7-9-25-10-8-21/h2-4,11,14H,5-10,12-13H2,1H3,(H,20,23). The number of hydrogen-bond acceptors (Lipinski definition) is 5. The molecule has 0 bridgehead atoms. The van der Waals surface area contributed by atoms with Crippen molar-refractivity contribution in [2.75, 3.05) is 26.3 Å². The monoisotopic (exact) mass is 375 g/mol. The molecule has 2 heterocycles. The van der Waals surface area contributed by atoms with Crippen LogP contribution in [0.5, 0.6) is 0 Å². The maximum Gasteiger partial charge on any atom is 0.307 e. The Morgan fingerprint density at radius 1 is 1.27 bits per heavy atom. The minimum atomic E-state index is -0.0407. The summed E-state index contributed by atoms with van der Waals surface area (Å²) in [6.07, 6.45) is 0.310. The van der Waals surface area contributed by atoms with Crippen LogP contribution in [0.4, 0.5) is 0 Å². The van der Waals surface area contributed by atoms with Crippen LogP contribution in [0.25, 0.3) is 0 Å². The van der Waals surface area contributed by atoms with Crippen molar-refractivity contribution >= 4 is 17.2 Å². The molecule has 1 fully saturated rings. The van der Waals surface area contributed by atoms with Crippen molar-refractivity contribution in [3.63, 3.8) is 0 Å². The van der Waals surface area contributed by atoms with Crippen LogP contribution >= 0.6 is 11.3 Å².